The SMILES string of the molecule is Cc1noc(CN2CCN(CC3=Cc4cc(Cl)ccc4OC3)CCC2=O)n1. The van der Waals surface area contributed by atoms with Crippen LogP contribution in [0.4, 0.5) is 0 Å². The van der Waals surface area contributed by atoms with Gasteiger partial charge >= 0.3 is 0 Å². The fourth-order valence-electron chi connectivity index (χ4n) is 3.38. The molecule has 1 fully saturated rings. The Morgan fingerprint density at radius 2 is 2.11 bits per heavy atom. The lowest BCUT2D eigenvalue weighted by Crippen LogP contribution is -2.34. The minimum Gasteiger partial charge on any atom is -0.489 e. The number of benzene rings is 1. The molecule has 0 unspecified atom stereocenters. The van der Waals surface area contributed by atoms with Gasteiger partial charge in [0.15, 0.2) is 5.82 Å². The molecule has 4 rings (SSSR count). The van der Waals surface area contributed by atoms with Crippen LogP contribution in [0.2, 0.25) is 5.02 Å². The van der Waals surface area contributed by atoms with E-state index >= 15 is 0 Å². The van der Waals surface area contributed by atoms with E-state index in [0.717, 1.165) is 30.9 Å². The molecule has 1 aromatic heterocycles. The lowest BCUT2D eigenvalue weighted by Gasteiger charge is -2.25. The van der Waals surface area contributed by atoms with Crippen molar-refractivity contribution in [2.45, 2.75) is 19.9 Å². The molecule has 1 amide bonds. The smallest absolute Gasteiger partial charge is 0.246 e. The summed E-state index contributed by atoms with van der Waals surface area (Å²) >= 11 is 6.08. The summed E-state index contributed by atoms with van der Waals surface area (Å²) in [5.74, 6) is 2.03. The molecule has 8 heteroatoms. The van der Waals surface area contributed by atoms with E-state index in [1.807, 2.05) is 18.2 Å². The molecule has 0 saturated carbocycles. The second-order valence-electron chi connectivity index (χ2n) is 6.85. The second kappa shape index (κ2) is 7.70. The Hall–Kier alpha value is -2.38. The summed E-state index contributed by atoms with van der Waals surface area (Å²) < 4.78 is 11.0. The number of carbonyl (C=O) groups excluding carboxylic acids is 1. The molecule has 7 nitrogen and oxygen atoms in total. The van der Waals surface area contributed by atoms with Crippen molar-refractivity contribution in [3.05, 3.63) is 46.1 Å². The van der Waals surface area contributed by atoms with Gasteiger partial charge in [-0.05, 0) is 36.8 Å². The number of nitrogens with zero attached hydrogens (tertiary/aromatic N) is 4. The summed E-state index contributed by atoms with van der Waals surface area (Å²) in [5.41, 5.74) is 2.18. The fraction of sp³-hybridized carbons (Fsp3) is 0.421. The van der Waals surface area contributed by atoms with Crippen LogP contribution in [0.25, 0.3) is 6.08 Å². The largest absolute Gasteiger partial charge is 0.489 e. The Balaban J connectivity index is 1.39. The first-order valence-electron chi connectivity index (χ1n) is 8.98. The van der Waals surface area contributed by atoms with Gasteiger partial charge in [-0.2, -0.15) is 4.98 Å². The number of amides is 1. The maximum atomic E-state index is 12.4. The highest BCUT2D eigenvalue weighted by atomic mass is 35.5. The van der Waals surface area contributed by atoms with Crippen molar-refractivity contribution in [3.8, 4) is 5.75 Å². The van der Waals surface area contributed by atoms with Crippen LogP contribution in [-0.2, 0) is 11.3 Å². The van der Waals surface area contributed by atoms with E-state index in [2.05, 4.69) is 21.1 Å². The van der Waals surface area contributed by atoms with Crippen molar-refractivity contribution in [1.82, 2.24) is 19.9 Å². The molecule has 0 bridgehead atoms. The van der Waals surface area contributed by atoms with Gasteiger partial charge in [0.1, 0.15) is 18.9 Å². The monoisotopic (exact) mass is 388 g/mol. The minimum atomic E-state index is 0.111. The highest BCUT2D eigenvalue weighted by Gasteiger charge is 2.24. The molecule has 1 saturated heterocycles. The molecule has 0 radical (unpaired) electrons. The number of carbonyl (C=O) groups is 1. The van der Waals surface area contributed by atoms with Crippen molar-refractivity contribution in [3.63, 3.8) is 0 Å². The predicted molar refractivity (Wildman–Crippen MR) is 100 cm³/mol. The molecular weight excluding hydrogens is 368 g/mol. The van der Waals surface area contributed by atoms with Gasteiger partial charge in [0.05, 0.1) is 0 Å². The Bertz CT molecular complexity index is 880. The maximum absolute atomic E-state index is 12.4. The third-order valence-electron chi connectivity index (χ3n) is 4.75. The van der Waals surface area contributed by atoms with Crippen LogP contribution in [0.15, 0.2) is 28.3 Å². The standard InChI is InChI=1S/C19H21ClN4O3/c1-13-21-18(27-22-13)11-24-7-6-23(5-4-19(24)25)10-14-8-15-9-16(20)2-3-17(15)26-12-14/h2-3,8-9H,4-7,10-12H2,1H3. The first-order valence-corrected chi connectivity index (χ1v) is 9.36. The summed E-state index contributed by atoms with van der Waals surface area (Å²) in [7, 11) is 0. The van der Waals surface area contributed by atoms with Crippen molar-refractivity contribution in [2.75, 3.05) is 32.8 Å². The second-order valence-corrected chi connectivity index (χ2v) is 7.29. The van der Waals surface area contributed by atoms with E-state index in [0.29, 0.717) is 42.9 Å². The van der Waals surface area contributed by atoms with Gasteiger partial charge in [0.25, 0.3) is 0 Å². The van der Waals surface area contributed by atoms with Crippen molar-refractivity contribution < 1.29 is 14.1 Å². The zero-order chi connectivity index (χ0) is 18.8. The van der Waals surface area contributed by atoms with Crippen LogP contribution in [0.1, 0.15) is 23.7 Å². The normalized spacial score (nSPS) is 17.9. The molecular formula is C19H21ClN4O3. The number of rotatable bonds is 4. The quantitative estimate of drug-likeness (QED) is 0.801. The van der Waals surface area contributed by atoms with Crippen LogP contribution in [-0.4, -0.2) is 58.6 Å². The average Bonchev–Trinajstić information content (AvgIpc) is 2.98. The Morgan fingerprint density at radius 3 is 2.93 bits per heavy atom. The lowest BCUT2D eigenvalue weighted by atomic mass is 10.1. The summed E-state index contributed by atoms with van der Waals surface area (Å²) in [6, 6.07) is 5.64. The predicted octanol–water partition coefficient (Wildman–Crippen LogP) is 2.54. The molecule has 0 aliphatic carbocycles. The van der Waals surface area contributed by atoms with Gasteiger partial charge in [0, 0.05) is 43.2 Å². The molecule has 142 valence electrons. The minimum absolute atomic E-state index is 0.111. The molecule has 2 aliphatic heterocycles. The van der Waals surface area contributed by atoms with Crippen LogP contribution in [0.5, 0.6) is 5.75 Å². The highest BCUT2D eigenvalue weighted by molar-refractivity contribution is 6.30. The topological polar surface area (TPSA) is 71.7 Å². The summed E-state index contributed by atoms with van der Waals surface area (Å²) in [5, 5.41) is 4.48. The third-order valence-corrected chi connectivity index (χ3v) is 4.98. The molecule has 1 aromatic carbocycles. The van der Waals surface area contributed by atoms with E-state index in [9.17, 15) is 4.79 Å². The first kappa shape index (κ1) is 18.0. The maximum Gasteiger partial charge on any atom is 0.246 e. The molecule has 0 spiro atoms. The van der Waals surface area contributed by atoms with Crippen LogP contribution < -0.4 is 4.74 Å². The van der Waals surface area contributed by atoms with Crippen molar-refractivity contribution in [2.24, 2.45) is 0 Å². The van der Waals surface area contributed by atoms with Gasteiger partial charge in [-0.3, -0.25) is 9.69 Å². The van der Waals surface area contributed by atoms with E-state index in [-0.39, 0.29) is 5.91 Å². The van der Waals surface area contributed by atoms with E-state index in [4.69, 9.17) is 20.9 Å². The molecule has 2 aromatic rings. The number of aryl methyl sites for hydroxylation is 1. The van der Waals surface area contributed by atoms with Crippen LogP contribution in [0.3, 0.4) is 0 Å². The summed E-state index contributed by atoms with van der Waals surface area (Å²) in [6.07, 6.45) is 2.61. The van der Waals surface area contributed by atoms with E-state index < -0.39 is 0 Å². The zero-order valence-electron chi connectivity index (χ0n) is 15.2. The molecule has 27 heavy (non-hydrogen) atoms. The number of fused-ring (bicyclic) bond motifs is 1. The highest BCUT2D eigenvalue weighted by Crippen LogP contribution is 2.29. The van der Waals surface area contributed by atoms with E-state index in [1.165, 1.54) is 5.57 Å². The Labute approximate surface area is 162 Å². The van der Waals surface area contributed by atoms with Gasteiger partial charge in [-0.15, -0.1) is 0 Å². The molecule has 3 heterocycles. The fourth-order valence-corrected chi connectivity index (χ4v) is 3.56. The third kappa shape index (κ3) is 4.31. The Kier molecular flexibility index (Phi) is 5.13. The number of hydrogen-bond donors (Lipinski definition) is 0. The van der Waals surface area contributed by atoms with E-state index in [1.54, 1.807) is 11.8 Å². The van der Waals surface area contributed by atoms with Gasteiger partial charge in [-0.25, -0.2) is 0 Å². The molecule has 0 N–H and O–H groups in total. The molecule has 0 atom stereocenters. The average molecular weight is 389 g/mol. The summed E-state index contributed by atoms with van der Waals surface area (Å²) in [4.78, 5) is 20.7. The van der Waals surface area contributed by atoms with Crippen LogP contribution >= 0.6 is 11.6 Å². The number of aromatic nitrogens is 2. The van der Waals surface area contributed by atoms with Gasteiger partial charge < -0.3 is 14.2 Å². The number of halogens is 1. The number of ether oxygens (including phenoxy) is 1. The number of hydrogen-bond acceptors (Lipinski definition) is 6. The molecule has 2 aliphatic rings. The zero-order valence-corrected chi connectivity index (χ0v) is 15.9. The lowest BCUT2D eigenvalue weighted by molar-refractivity contribution is -0.131. The van der Waals surface area contributed by atoms with Gasteiger partial charge in [-0.1, -0.05) is 16.8 Å². The Morgan fingerprint density at radius 1 is 1.22 bits per heavy atom. The summed E-state index contributed by atoms with van der Waals surface area (Å²) in [6.45, 7) is 5.61. The van der Waals surface area contributed by atoms with Crippen molar-refractivity contribution >= 4 is 23.6 Å². The van der Waals surface area contributed by atoms with Crippen molar-refractivity contribution in [1.29, 1.82) is 0 Å². The van der Waals surface area contributed by atoms with Gasteiger partial charge in [0.2, 0.25) is 11.8 Å². The first-order chi connectivity index (χ1) is 13.1. The van der Waals surface area contributed by atoms with Crippen LogP contribution in [0, 0.1) is 6.92 Å².